The van der Waals surface area contributed by atoms with Gasteiger partial charge in [0.2, 0.25) is 5.91 Å². The Bertz CT molecular complexity index is 373. The van der Waals surface area contributed by atoms with E-state index in [9.17, 15) is 13.2 Å². The van der Waals surface area contributed by atoms with Gasteiger partial charge in [0.05, 0.1) is 17.0 Å². The maximum absolute atomic E-state index is 11.6. The van der Waals surface area contributed by atoms with E-state index in [-0.39, 0.29) is 23.5 Å². The zero-order valence-corrected chi connectivity index (χ0v) is 9.35. The molecule has 1 saturated heterocycles. The molecule has 0 aromatic rings. The molecule has 1 heterocycles. The predicted molar refractivity (Wildman–Crippen MR) is 56.0 cm³/mol. The first-order chi connectivity index (χ1) is 6.91. The lowest BCUT2D eigenvalue weighted by molar-refractivity contribution is -0.123. The van der Waals surface area contributed by atoms with Crippen molar-refractivity contribution in [3.63, 3.8) is 0 Å². The summed E-state index contributed by atoms with van der Waals surface area (Å²) in [4.78, 5) is 11.6. The maximum Gasteiger partial charge on any atom is 0.240 e. The Morgan fingerprint density at radius 3 is 2.60 bits per heavy atom. The number of sulfone groups is 1. The van der Waals surface area contributed by atoms with Crippen LogP contribution >= 0.6 is 0 Å². The molecule has 5 nitrogen and oxygen atoms in total. The Morgan fingerprint density at radius 1 is 1.40 bits per heavy atom. The smallest absolute Gasteiger partial charge is 0.240 e. The topological polar surface area (TPSA) is 89.3 Å². The molecule has 2 fully saturated rings. The van der Waals surface area contributed by atoms with Crippen LogP contribution in [0, 0.1) is 0 Å². The van der Waals surface area contributed by atoms with Gasteiger partial charge in [-0.2, -0.15) is 0 Å². The third-order valence-electron chi connectivity index (χ3n) is 3.04. The number of nitrogens with one attached hydrogen (secondary N) is 1. The molecule has 1 amide bonds. The first kappa shape index (κ1) is 10.9. The van der Waals surface area contributed by atoms with E-state index in [2.05, 4.69) is 5.32 Å². The van der Waals surface area contributed by atoms with Crippen LogP contribution < -0.4 is 11.1 Å². The molecule has 2 aliphatic rings. The van der Waals surface area contributed by atoms with Crippen LogP contribution in [0.3, 0.4) is 0 Å². The van der Waals surface area contributed by atoms with Crippen molar-refractivity contribution in [1.82, 2.24) is 5.32 Å². The Labute approximate surface area is 89.3 Å². The van der Waals surface area contributed by atoms with Crippen molar-refractivity contribution in [2.45, 2.75) is 37.3 Å². The molecule has 86 valence electrons. The van der Waals surface area contributed by atoms with Gasteiger partial charge < -0.3 is 11.1 Å². The summed E-state index contributed by atoms with van der Waals surface area (Å²) in [5.41, 5.74) is 5.01. The molecule has 0 radical (unpaired) electrons. The summed E-state index contributed by atoms with van der Waals surface area (Å²) in [6, 6.07) is -0.239. The minimum Gasteiger partial charge on any atom is -0.351 e. The van der Waals surface area contributed by atoms with Crippen LogP contribution in [0.1, 0.15) is 25.7 Å². The number of carbonyl (C=O) groups is 1. The van der Waals surface area contributed by atoms with Gasteiger partial charge in [0.25, 0.3) is 0 Å². The summed E-state index contributed by atoms with van der Waals surface area (Å²) in [6.07, 6.45) is 2.78. The average Bonchev–Trinajstić information content (AvgIpc) is 2.83. The van der Waals surface area contributed by atoms with Crippen molar-refractivity contribution >= 4 is 15.7 Å². The summed E-state index contributed by atoms with van der Waals surface area (Å²) in [5.74, 6) is 0.117. The van der Waals surface area contributed by atoms with Crippen molar-refractivity contribution in [3.8, 4) is 0 Å². The molecule has 0 bridgehead atoms. The first-order valence-electron chi connectivity index (χ1n) is 5.22. The van der Waals surface area contributed by atoms with Gasteiger partial charge in [-0.05, 0) is 25.7 Å². The van der Waals surface area contributed by atoms with Crippen LogP contribution in [0.25, 0.3) is 0 Å². The van der Waals surface area contributed by atoms with Gasteiger partial charge in [0.15, 0.2) is 9.84 Å². The molecule has 1 unspecified atom stereocenters. The minimum atomic E-state index is -2.96. The molecule has 2 rings (SSSR count). The highest BCUT2D eigenvalue weighted by atomic mass is 32.2. The fourth-order valence-corrected chi connectivity index (χ4v) is 3.46. The minimum absolute atomic E-state index is 0.0643. The third-order valence-corrected chi connectivity index (χ3v) is 4.86. The summed E-state index contributed by atoms with van der Waals surface area (Å²) in [6.45, 7) is 0. The van der Waals surface area contributed by atoms with Gasteiger partial charge >= 0.3 is 0 Å². The quantitative estimate of drug-likeness (QED) is 0.650. The monoisotopic (exact) mass is 232 g/mol. The maximum atomic E-state index is 11.6. The van der Waals surface area contributed by atoms with Crippen molar-refractivity contribution in [1.29, 1.82) is 0 Å². The van der Waals surface area contributed by atoms with E-state index in [0.29, 0.717) is 19.3 Å². The van der Waals surface area contributed by atoms with Gasteiger partial charge in [0.1, 0.15) is 0 Å². The van der Waals surface area contributed by atoms with Crippen LogP contribution in [-0.2, 0) is 14.6 Å². The van der Waals surface area contributed by atoms with Gasteiger partial charge in [-0.3, -0.25) is 4.79 Å². The van der Waals surface area contributed by atoms with Crippen LogP contribution in [0.5, 0.6) is 0 Å². The molecule has 1 aliphatic carbocycles. The van der Waals surface area contributed by atoms with Crippen LogP contribution in [0.15, 0.2) is 0 Å². The van der Waals surface area contributed by atoms with Crippen molar-refractivity contribution in [2.75, 3.05) is 11.5 Å². The number of nitrogens with two attached hydrogens (primary N) is 1. The van der Waals surface area contributed by atoms with E-state index < -0.39 is 15.4 Å². The number of hydrogen-bond acceptors (Lipinski definition) is 4. The Balaban J connectivity index is 1.92. The molecule has 0 aromatic carbocycles. The highest BCUT2D eigenvalue weighted by Gasteiger charge is 2.46. The lowest BCUT2D eigenvalue weighted by Gasteiger charge is -2.24. The zero-order chi connectivity index (χ0) is 11.1. The second-order valence-corrected chi connectivity index (χ2v) is 6.81. The lowest BCUT2D eigenvalue weighted by atomic mass is 10.1. The van der Waals surface area contributed by atoms with Crippen LogP contribution in [-0.4, -0.2) is 37.4 Å². The van der Waals surface area contributed by atoms with Crippen molar-refractivity contribution in [2.24, 2.45) is 5.73 Å². The molecule has 3 N–H and O–H groups in total. The van der Waals surface area contributed by atoms with Gasteiger partial charge in [-0.1, -0.05) is 0 Å². The van der Waals surface area contributed by atoms with E-state index in [1.807, 2.05) is 0 Å². The highest BCUT2D eigenvalue weighted by molar-refractivity contribution is 7.91. The number of rotatable bonds is 2. The molecule has 0 aromatic heterocycles. The van der Waals surface area contributed by atoms with E-state index in [1.54, 1.807) is 0 Å². The van der Waals surface area contributed by atoms with E-state index in [4.69, 9.17) is 5.73 Å². The molecule has 1 saturated carbocycles. The fourth-order valence-electron chi connectivity index (χ4n) is 1.83. The summed E-state index contributed by atoms with van der Waals surface area (Å²) in [7, 11) is -2.96. The third kappa shape index (κ3) is 2.49. The van der Waals surface area contributed by atoms with Crippen molar-refractivity contribution in [3.05, 3.63) is 0 Å². The second kappa shape index (κ2) is 3.45. The lowest BCUT2D eigenvalue weighted by Crippen LogP contribution is -2.50. The van der Waals surface area contributed by atoms with Crippen molar-refractivity contribution < 1.29 is 13.2 Å². The molecule has 6 heteroatoms. The molecule has 15 heavy (non-hydrogen) atoms. The van der Waals surface area contributed by atoms with E-state index >= 15 is 0 Å². The van der Waals surface area contributed by atoms with Gasteiger partial charge in [0, 0.05) is 6.04 Å². The largest absolute Gasteiger partial charge is 0.351 e. The van der Waals surface area contributed by atoms with Gasteiger partial charge in [-0.25, -0.2) is 8.42 Å². The van der Waals surface area contributed by atoms with E-state index in [0.717, 1.165) is 6.42 Å². The van der Waals surface area contributed by atoms with Gasteiger partial charge in [-0.15, -0.1) is 0 Å². The zero-order valence-electron chi connectivity index (χ0n) is 8.53. The SMILES string of the molecule is NC1(C(=O)NC2CCCS(=O)(=O)C2)CC1. The predicted octanol–water partition coefficient (Wildman–Crippen LogP) is -0.829. The molecule has 1 aliphatic heterocycles. The highest BCUT2D eigenvalue weighted by Crippen LogP contribution is 2.32. The molecular formula is C9H16N2O3S. The summed E-state index contributed by atoms with van der Waals surface area (Å²) in [5, 5.41) is 2.73. The first-order valence-corrected chi connectivity index (χ1v) is 7.04. The van der Waals surface area contributed by atoms with Crippen LogP contribution in [0.4, 0.5) is 0 Å². The Kier molecular flexibility index (Phi) is 2.50. The molecular weight excluding hydrogens is 216 g/mol. The average molecular weight is 232 g/mol. The summed E-state index contributed by atoms with van der Waals surface area (Å²) < 4.78 is 22.7. The fraction of sp³-hybridized carbons (Fsp3) is 0.889. The number of hydrogen-bond donors (Lipinski definition) is 2. The molecule has 0 spiro atoms. The second-order valence-electron chi connectivity index (χ2n) is 4.58. The van der Waals surface area contributed by atoms with Crippen LogP contribution in [0.2, 0.25) is 0 Å². The standard InChI is InChI=1S/C9H16N2O3S/c10-9(3-4-9)8(12)11-7-2-1-5-15(13,14)6-7/h7H,1-6,10H2,(H,11,12). The summed E-state index contributed by atoms with van der Waals surface area (Å²) >= 11 is 0. The number of carbonyl (C=O) groups excluding carboxylic acids is 1. The number of amides is 1. The Morgan fingerprint density at radius 2 is 2.07 bits per heavy atom. The Hall–Kier alpha value is -0.620. The molecule has 1 atom stereocenters. The van der Waals surface area contributed by atoms with E-state index in [1.165, 1.54) is 0 Å². The normalized spacial score (nSPS) is 31.9.